The molecule has 2 rings (SSSR count). The third-order valence-corrected chi connectivity index (χ3v) is 2.49. The van der Waals surface area contributed by atoms with Gasteiger partial charge >= 0.3 is 0 Å². The molecule has 0 spiro atoms. The topological polar surface area (TPSA) is 58.6 Å². The lowest BCUT2D eigenvalue weighted by Gasteiger charge is -2.04. The zero-order valence-corrected chi connectivity index (χ0v) is 9.32. The van der Waals surface area contributed by atoms with Gasteiger partial charge in [0.05, 0.1) is 5.69 Å². The molecule has 2 heterocycles. The molecule has 0 fully saturated rings. The Morgan fingerprint density at radius 3 is 2.81 bits per heavy atom. The summed E-state index contributed by atoms with van der Waals surface area (Å²) < 4.78 is 0. The molecule has 0 aliphatic rings. The number of hydrogen-bond acceptors (Lipinski definition) is 3. The van der Waals surface area contributed by atoms with Gasteiger partial charge in [0.1, 0.15) is 5.69 Å². The van der Waals surface area contributed by atoms with Crippen LogP contribution in [0.25, 0.3) is 11.5 Å². The molecule has 0 unspecified atom stereocenters. The van der Waals surface area contributed by atoms with Crippen LogP contribution in [0.1, 0.15) is 18.2 Å². The van der Waals surface area contributed by atoms with Gasteiger partial charge in [-0.05, 0) is 25.5 Å². The SMILES string of the molecule is CCc1nc(-c2ccccn2)[nH]c(=O)c1C. The van der Waals surface area contributed by atoms with E-state index in [-0.39, 0.29) is 5.56 Å². The fraction of sp³-hybridized carbons (Fsp3) is 0.250. The molecular formula is C12H13N3O. The summed E-state index contributed by atoms with van der Waals surface area (Å²) in [5, 5.41) is 0. The summed E-state index contributed by atoms with van der Waals surface area (Å²) in [6, 6.07) is 5.53. The van der Waals surface area contributed by atoms with E-state index in [1.165, 1.54) is 0 Å². The van der Waals surface area contributed by atoms with Crippen LogP contribution in [0.4, 0.5) is 0 Å². The van der Waals surface area contributed by atoms with Gasteiger partial charge in [-0.2, -0.15) is 0 Å². The Morgan fingerprint density at radius 2 is 2.19 bits per heavy atom. The third kappa shape index (κ3) is 1.86. The van der Waals surface area contributed by atoms with E-state index < -0.39 is 0 Å². The Balaban J connectivity index is 2.60. The molecule has 0 aromatic carbocycles. The molecule has 82 valence electrons. The average Bonchev–Trinajstić information content (AvgIpc) is 2.33. The quantitative estimate of drug-likeness (QED) is 0.829. The maximum atomic E-state index is 11.7. The molecule has 0 saturated heterocycles. The van der Waals surface area contributed by atoms with E-state index in [4.69, 9.17) is 0 Å². The molecular weight excluding hydrogens is 202 g/mol. The van der Waals surface area contributed by atoms with Crippen LogP contribution in [0, 0.1) is 6.92 Å². The first-order valence-electron chi connectivity index (χ1n) is 5.23. The van der Waals surface area contributed by atoms with Gasteiger partial charge in [0, 0.05) is 11.8 Å². The third-order valence-electron chi connectivity index (χ3n) is 2.49. The molecule has 16 heavy (non-hydrogen) atoms. The van der Waals surface area contributed by atoms with Crippen molar-refractivity contribution in [1.29, 1.82) is 0 Å². The Hall–Kier alpha value is -1.97. The number of nitrogens with one attached hydrogen (secondary N) is 1. The Bertz CT molecular complexity index is 546. The molecule has 0 amide bonds. The lowest BCUT2D eigenvalue weighted by molar-refractivity contribution is 0.949. The molecule has 0 aliphatic carbocycles. The van der Waals surface area contributed by atoms with E-state index in [0.717, 1.165) is 12.1 Å². The van der Waals surface area contributed by atoms with Gasteiger partial charge < -0.3 is 4.98 Å². The second-order valence-electron chi connectivity index (χ2n) is 3.55. The van der Waals surface area contributed by atoms with Gasteiger partial charge in [-0.3, -0.25) is 9.78 Å². The van der Waals surface area contributed by atoms with Crippen molar-refractivity contribution in [2.24, 2.45) is 0 Å². The first-order chi connectivity index (χ1) is 7.72. The molecule has 4 heteroatoms. The molecule has 0 aliphatic heterocycles. The maximum absolute atomic E-state index is 11.7. The number of aryl methyl sites for hydroxylation is 1. The second-order valence-corrected chi connectivity index (χ2v) is 3.55. The zero-order chi connectivity index (χ0) is 11.5. The fourth-order valence-electron chi connectivity index (χ4n) is 1.55. The van der Waals surface area contributed by atoms with E-state index in [2.05, 4.69) is 15.0 Å². The largest absolute Gasteiger partial charge is 0.305 e. The van der Waals surface area contributed by atoms with Crippen LogP contribution in [-0.4, -0.2) is 15.0 Å². The molecule has 0 saturated carbocycles. The molecule has 2 aromatic heterocycles. The highest BCUT2D eigenvalue weighted by molar-refractivity contribution is 5.48. The lowest BCUT2D eigenvalue weighted by atomic mass is 10.2. The predicted molar refractivity (Wildman–Crippen MR) is 62.2 cm³/mol. The molecule has 2 aromatic rings. The van der Waals surface area contributed by atoms with Gasteiger partial charge in [-0.1, -0.05) is 13.0 Å². The van der Waals surface area contributed by atoms with E-state index in [1.54, 1.807) is 13.1 Å². The van der Waals surface area contributed by atoms with Gasteiger partial charge in [0.15, 0.2) is 5.82 Å². The van der Waals surface area contributed by atoms with Crippen molar-refractivity contribution in [2.75, 3.05) is 0 Å². The minimum Gasteiger partial charge on any atom is -0.305 e. The number of pyridine rings is 1. The van der Waals surface area contributed by atoms with Crippen molar-refractivity contribution in [1.82, 2.24) is 15.0 Å². The number of rotatable bonds is 2. The van der Waals surface area contributed by atoms with Crippen LogP contribution in [-0.2, 0) is 6.42 Å². The van der Waals surface area contributed by atoms with Crippen molar-refractivity contribution in [3.05, 3.63) is 46.0 Å². The molecule has 0 atom stereocenters. The highest BCUT2D eigenvalue weighted by Crippen LogP contribution is 2.10. The van der Waals surface area contributed by atoms with E-state index >= 15 is 0 Å². The minimum absolute atomic E-state index is 0.0903. The van der Waals surface area contributed by atoms with Gasteiger partial charge in [-0.25, -0.2) is 4.98 Å². The van der Waals surface area contributed by atoms with Crippen LogP contribution in [0.3, 0.4) is 0 Å². The summed E-state index contributed by atoms with van der Waals surface area (Å²) in [6.07, 6.45) is 2.43. The van der Waals surface area contributed by atoms with E-state index in [0.29, 0.717) is 17.1 Å². The van der Waals surface area contributed by atoms with Gasteiger partial charge in [-0.15, -0.1) is 0 Å². The molecule has 0 bridgehead atoms. The predicted octanol–water partition coefficient (Wildman–Crippen LogP) is 1.70. The number of aromatic amines is 1. The average molecular weight is 215 g/mol. The van der Waals surface area contributed by atoms with Crippen LogP contribution in [0.5, 0.6) is 0 Å². The van der Waals surface area contributed by atoms with E-state index in [1.807, 2.05) is 25.1 Å². The second kappa shape index (κ2) is 4.26. The Labute approximate surface area is 93.4 Å². The summed E-state index contributed by atoms with van der Waals surface area (Å²) in [5.41, 5.74) is 2.10. The normalized spacial score (nSPS) is 10.4. The van der Waals surface area contributed by atoms with Gasteiger partial charge in [0.2, 0.25) is 0 Å². The number of hydrogen-bond donors (Lipinski definition) is 1. The van der Waals surface area contributed by atoms with Crippen molar-refractivity contribution in [2.45, 2.75) is 20.3 Å². The summed E-state index contributed by atoms with van der Waals surface area (Å²) >= 11 is 0. The number of H-pyrrole nitrogens is 1. The molecule has 4 nitrogen and oxygen atoms in total. The first kappa shape index (κ1) is 10.5. The zero-order valence-electron chi connectivity index (χ0n) is 9.32. The van der Waals surface area contributed by atoms with Gasteiger partial charge in [0.25, 0.3) is 5.56 Å². The van der Waals surface area contributed by atoms with E-state index in [9.17, 15) is 4.79 Å². The summed E-state index contributed by atoms with van der Waals surface area (Å²) in [6.45, 7) is 3.77. The summed E-state index contributed by atoms with van der Waals surface area (Å²) in [4.78, 5) is 23.0. The smallest absolute Gasteiger partial charge is 0.254 e. The Kier molecular flexibility index (Phi) is 2.81. The number of nitrogens with zero attached hydrogens (tertiary/aromatic N) is 2. The van der Waals surface area contributed by atoms with Crippen LogP contribution >= 0.6 is 0 Å². The standard InChI is InChI=1S/C12H13N3O/c1-3-9-8(2)12(16)15-11(14-9)10-6-4-5-7-13-10/h4-7H,3H2,1-2H3,(H,14,15,16). The molecule has 1 N–H and O–H groups in total. The highest BCUT2D eigenvalue weighted by Gasteiger charge is 2.07. The van der Waals surface area contributed by atoms with Crippen molar-refractivity contribution >= 4 is 0 Å². The van der Waals surface area contributed by atoms with Crippen LogP contribution in [0.2, 0.25) is 0 Å². The highest BCUT2D eigenvalue weighted by atomic mass is 16.1. The monoisotopic (exact) mass is 215 g/mol. The first-order valence-corrected chi connectivity index (χ1v) is 5.23. The van der Waals surface area contributed by atoms with Crippen molar-refractivity contribution in [3.8, 4) is 11.5 Å². The molecule has 0 radical (unpaired) electrons. The lowest BCUT2D eigenvalue weighted by Crippen LogP contribution is -2.15. The fourth-order valence-corrected chi connectivity index (χ4v) is 1.55. The Morgan fingerprint density at radius 1 is 1.38 bits per heavy atom. The van der Waals surface area contributed by atoms with Crippen LogP contribution in [0.15, 0.2) is 29.2 Å². The number of aromatic nitrogens is 3. The maximum Gasteiger partial charge on any atom is 0.254 e. The summed E-state index contributed by atoms with van der Waals surface area (Å²) in [5.74, 6) is 0.535. The summed E-state index contributed by atoms with van der Waals surface area (Å²) in [7, 11) is 0. The van der Waals surface area contributed by atoms with Crippen LogP contribution < -0.4 is 5.56 Å². The van der Waals surface area contributed by atoms with Crippen molar-refractivity contribution < 1.29 is 0 Å². The minimum atomic E-state index is -0.0903. The van der Waals surface area contributed by atoms with Crippen molar-refractivity contribution in [3.63, 3.8) is 0 Å².